The van der Waals surface area contributed by atoms with Crippen molar-refractivity contribution in [2.24, 2.45) is 0 Å². The molecule has 116 valence electrons. The topological polar surface area (TPSA) is 75.5 Å². The van der Waals surface area contributed by atoms with Crippen molar-refractivity contribution in [3.63, 3.8) is 0 Å². The van der Waals surface area contributed by atoms with Crippen molar-refractivity contribution in [3.8, 4) is 0 Å². The first-order chi connectivity index (χ1) is 9.92. The van der Waals surface area contributed by atoms with E-state index in [2.05, 4.69) is 21.2 Å². The van der Waals surface area contributed by atoms with Crippen LogP contribution in [0.25, 0.3) is 0 Å². The molecule has 0 fully saturated rings. The van der Waals surface area contributed by atoms with Crippen molar-refractivity contribution < 1.29 is 9.72 Å². The SMILES string of the molecule is CCN(CC)C(=O)C(C)NCc1cccc([N+](=O)[O-])c1Br. The molecule has 0 heterocycles. The molecule has 0 aromatic heterocycles. The Morgan fingerprint density at radius 1 is 1.43 bits per heavy atom. The molecule has 0 bridgehead atoms. The van der Waals surface area contributed by atoms with Gasteiger partial charge in [0.1, 0.15) is 0 Å². The number of nitrogens with one attached hydrogen (secondary N) is 1. The number of benzene rings is 1. The normalized spacial score (nSPS) is 12.0. The van der Waals surface area contributed by atoms with Gasteiger partial charge >= 0.3 is 0 Å². The first-order valence-electron chi connectivity index (χ1n) is 6.86. The Bertz CT molecular complexity index is 518. The summed E-state index contributed by atoms with van der Waals surface area (Å²) in [6.45, 7) is 7.39. The minimum absolute atomic E-state index is 0.0250. The largest absolute Gasteiger partial charge is 0.342 e. The van der Waals surface area contributed by atoms with Gasteiger partial charge in [0.2, 0.25) is 5.91 Å². The zero-order chi connectivity index (χ0) is 16.0. The van der Waals surface area contributed by atoms with Crippen LogP contribution < -0.4 is 5.32 Å². The summed E-state index contributed by atoms with van der Waals surface area (Å²) in [7, 11) is 0. The van der Waals surface area contributed by atoms with Crippen LogP contribution in [-0.2, 0) is 11.3 Å². The molecule has 0 saturated carbocycles. The molecule has 0 radical (unpaired) electrons. The Morgan fingerprint density at radius 2 is 2.05 bits per heavy atom. The number of hydrogen-bond donors (Lipinski definition) is 1. The van der Waals surface area contributed by atoms with Crippen molar-refractivity contribution >= 4 is 27.5 Å². The Hall–Kier alpha value is -1.47. The van der Waals surface area contributed by atoms with E-state index in [1.54, 1.807) is 24.0 Å². The second kappa shape index (κ2) is 8.09. The highest BCUT2D eigenvalue weighted by molar-refractivity contribution is 9.10. The highest BCUT2D eigenvalue weighted by Crippen LogP contribution is 2.28. The van der Waals surface area contributed by atoms with Crippen molar-refractivity contribution in [2.75, 3.05) is 13.1 Å². The molecule has 1 aromatic rings. The molecule has 1 aromatic carbocycles. The van der Waals surface area contributed by atoms with Crippen molar-refractivity contribution in [3.05, 3.63) is 38.3 Å². The molecule has 0 saturated heterocycles. The number of hydrogen-bond acceptors (Lipinski definition) is 4. The maximum Gasteiger partial charge on any atom is 0.283 e. The average Bonchev–Trinajstić information content (AvgIpc) is 2.46. The zero-order valence-electron chi connectivity index (χ0n) is 12.4. The molecule has 6 nitrogen and oxygen atoms in total. The van der Waals surface area contributed by atoms with Gasteiger partial charge in [0.05, 0.1) is 15.4 Å². The molecule has 0 aliphatic carbocycles. The predicted molar refractivity (Wildman–Crippen MR) is 85.0 cm³/mol. The summed E-state index contributed by atoms with van der Waals surface area (Å²) in [4.78, 5) is 24.3. The molecule has 1 unspecified atom stereocenters. The fraction of sp³-hybridized carbons (Fsp3) is 0.500. The van der Waals surface area contributed by atoms with E-state index >= 15 is 0 Å². The van der Waals surface area contributed by atoms with E-state index in [4.69, 9.17) is 0 Å². The van der Waals surface area contributed by atoms with Gasteiger partial charge in [-0.3, -0.25) is 14.9 Å². The summed E-state index contributed by atoms with van der Waals surface area (Å²) >= 11 is 3.25. The third kappa shape index (κ3) is 4.50. The summed E-state index contributed by atoms with van der Waals surface area (Å²) < 4.78 is 0.449. The minimum Gasteiger partial charge on any atom is -0.342 e. The van der Waals surface area contributed by atoms with E-state index in [0.29, 0.717) is 24.1 Å². The van der Waals surface area contributed by atoms with Gasteiger partial charge in [-0.25, -0.2) is 0 Å². The van der Waals surface area contributed by atoms with Crippen LogP contribution in [-0.4, -0.2) is 34.9 Å². The molecule has 0 aliphatic heterocycles. The van der Waals surface area contributed by atoms with Crippen LogP contribution in [0.2, 0.25) is 0 Å². The van der Waals surface area contributed by atoms with Gasteiger partial charge in [0.15, 0.2) is 0 Å². The fourth-order valence-corrected chi connectivity index (χ4v) is 2.55. The highest BCUT2D eigenvalue weighted by atomic mass is 79.9. The molecule has 7 heteroatoms. The maximum atomic E-state index is 12.1. The molecule has 21 heavy (non-hydrogen) atoms. The van der Waals surface area contributed by atoms with Crippen LogP contribution in [0.4, 0.5) is 5.69 Å². The monoisotopic (exact) mass is 357 g/mol. The van der Waals surface area contributed by atoms with Gasteiger partial charge in [-0.2, -0.15) is 0 Å². The van der Waals surface area contributed by atoms with Crippen LogP contribution >= 0.6 is 15.9 Å². The van der Waals surface area contributed by atoms with E-state index in [9.17, 15) is 14.9 Å². The Labute approximate surface area is 132 Å². The lowest BCUT2D eigenvalue weighted by molar-refractivity contribution is -0.385. The van der Waals surface area contributed by atoms with E-state index in [-0.39, 0.29) is 17.6 Å². The highest BCUT2D eigenvalue weighted by Gasteiger charge is 2.19. The van der Waals surface area contributed by atoms with Crippen molar-refractivity contribution in [1.29, 1.82) is 0 Å². The number of rotatable bonds is 7. The number of halogens is 1. The number of carbonyl (C=O) groups excluding carboxylic acids is 1. The summed E-state index contributed by atoms with van der Waals surface area (Å²) in [6, 6.07) is 4.53. The van der Waals surface area contributed by atoms with E-state index in [0.717, 1.165) is 5.56 Å². The van der Waals surface area contributed by atoms with Crippen LogP contribution in [0.1, 0.15) is 26.3 Å². The number of carbonyl (C=O) groups is 1. The lowest BCUT2D eigenvalue weighted by Gasteiger charge is -2.23. The number of nitrogens with zero attached hydrogens (tertiary/aromatic N) is 2. The lowest BCUT2D eigenvalue weighted by atomic mass is 10.2. The van der Waals surface area contributed by atoms with E-state index in [1.165, 1.54) is 6.07 Å². The van der Waals surface area contributed by atoms with Crippen LogP contribution in [0, 0.1) is 10.1 Å². The lowest BCUT2D eigenvalue weighted by Crippen LogP contribution is -2.44. The molecule has 1 rings (SSSR count). The molecule has 0 aliphatic rings. The molecule has 1 amide bonds. The average molecular weight is 358 g/mol. The van der Waals surface area contributed by atoms with Gasteiger partial charge in [-0.15, -0.1) is 0 Å². The summed E-state index contributed by atoms with van der Waals surface area (Å²) in [5.41, 5.74) is 0.778. The number of nitro benzene ring substituents is 1. The van der Waals surface area contributed by atoms with Crippen LogP contribution in [0.5, 0.6) is 0 Å². The second-order valence-corrected chi connectivity index (χ2v) is 5.41. The smallest absolute Gasteiger partial charge is 0.283 e. The van der Waals surface area contributed by atoms with Gasteiger partial charge in [0.25, 0.3) is 5.69 Å². The summed E-state index contributed by atoms with van der Waals surface area (Å²) in [5.74, 6) is 0.0292. The second-order valence-electron chi connectivity index (χ2n) is 4.62. The maximum absolute atomic E-state index is 12.1. The predicted octanol–water partition coefficient (Wildman–Crippen LogP) is 2.70. The quantitative estimate of drug-likeness (QED) is 0.601. The number of amides is 1. The van der Waals surface area contributed by atoms with Crippen LogP contribution in [0.3, 0.4) is 0 Å². The first-order valence-corrected chi connectivity index (χ1v) is 7.65. The molecular weight excluding hydrogens is 338 g/mol. The minimum atomic E-state index is -0.432. The van der Waals surface area contributed by atoms with Crippen LogP contribution in [0.15, 0.2) is 22.7 Å². The summed E-state index contributed by atoms with van der Waals surface area (Å²) in [5, 5.41) is 14.0. The van der Waals surface area contributed by atoms with Gasteiger partial charge in [-0.1, -0.05) is 12.1 Å². The van der Waals surface area contributed by atoms with Crippen molar-refractivity contribution in [2.45, 2.75) is 33.4 Å². The number of likely N-dealkylation sites (N-methyl/N-ethyl adjacent to an activating group) is 1. The Morgan fingerprint density at radius 3 is 2.57 bits per heavy atom. The fourth-order valence-electron chi connectivity index (χ4n) is 2.00. The zero-order valence-corrected chi connectivity index (χ0v) is 14.0. The molecular formula is C14H20BrN3O3. The van der Waals surface area contributed by atoms with Gasteiger partial charge < -0.3 is 10.2 Å². The number of nitro groups is 1. The third-order valence-electron chi connectivity index (χ3n) is 3.30. The third-order valence-corrected chi connectivity index (χ3v) is 4.21. The molecule has 1 N–H and O–H groups in total. The first kappa shape index (κ1) is 17.6. The van der Waals surface area contributed by atoms with E-state index < -0.39 is 4.92 Å². The Kier molecular flexibility index (Phi) is 6.77. The molecule has 0 spiro atoms. The molecule has 1 atom stereocenters. The van der Waals surface area contributed by atoms with Gasteiger partial charge in [-0.05, 0) is 42.3 Å². The van der Waals surface area contributed by atoms with Gasteiger partial charge in [0, 0.05) is 25.7 Å². The standard InChI is InChI=1S/C14H20BrN3O3/c1-4-17(5-2)14(19)10(3)16-9-11-7-6-8-12(13(11)15)18(20)21/h6-8,10,16H,4-5,9H2,1-3H3. The van der Waals surface area contributed by atoms with Crippen molar-refractivity contribution in [1.82, 2.24) is 10.2 Å². The summed E-state index contributed by atoms with van der Waals surface area (Å²) in [6.07, 6.45) is 0. The van der Waals surface area contributed by atoms with E-state index in [1.807, 2.05) is 13.8 Å². The Balaban J connectivity index is 2.73.